The van der Waals surface area contributed by atoms with Crippen LogP contribution in [0.3, 0.4) is 0 Å². The molecule has 3 aromatic heterocycles. The third-order valence-corrected chi connectivity index (χ3v) is 9.05. The Balaban J connectivity index is 1.43. The van der Waals surface area contributed by atoms with Crippen molar-refractivity contribution in [3.8, 4) is 11.1 Å². The van der Waals surface area contributed by atoms with Crippen LogP contribution in [-0.2, 0) is 22.5 Å². The summed E-state index contributed by atoms with van der Waals surface area (Å²) in [7, 11) is 0. The standard InChI is InChI=1S/C35H44N6O3/c1-21-27(24-8-9-26-20-41(15-11-23(26)18-24)33-37-19-25-10-14-36-31(25)39-33)29(40-16-12-35(6,7)13-17-40)28(22(2)38-21)30(32(42)43)44-34(3,4)5/h8-10,14,18-19,30H,11-13,15-17,20H2,1-7H3,(H,42,43)(H,36,37,39)/t30-/m0/s1. The number of pyridine rings is 1. The summed E-state index contributed by atoms with van der Waals surface area (Å²) in [6, 6.07) is 8.62. The molecule has 5 heterocycles. The van der Waals surface area contributed by atoms with E-state index in [1.807, 2.05) is 53.1 Å². The van der Waals surface area contributed by atoms with Gasteiger partial charge in [0.25, 0.3) is 0 Å². The second kappa shape index (κ2) is 11.2. The van der Waals surface area contributed by atoms with Crippen molar-refractivity contribution in [3.63, 3.8) is 0 Å². The molecule has 232 valence electrons. The lowest BCUT2D eigenvalue weighted by molar-refractivity contribution is -0.160. The largest absolute Gasteiger partial charge is 0.479 e. The number of nitrogens with zero attached hydrogens (tertiary/aromatic N) is 5. The molecule has 1 saturated heterocycles. The first-order chi connectivity index (χ1) is 20.8. The van der Waals surface area contributed by atoms with Crippen LogP contribution in [0.1, 0.15) is 81.6 Å². The lowest BCUT2D eigenvalue weighted by atomic mass is 9.81. The molecule has 0 saturated carbocycles. The van der Waals surface area contributed by atoms with E-state index in [4.69, 9.17) is 14.7 Å². The van der Waals surface area contributed by atoms with Gasteiger partial charge < -0.3 is 24.6 Å². The molecular formula is C35H44N6O3. The second-order valence-electron chi connectivity index (χ2n) is 14.1. The van der Waals surface area contributed by atoms with Crippen molar-refractivity contribution in [1.82, 2.24) is 19.9 Å². The number of anilines is 2. The average molecular weight is 597 g/mol. The van der Waals surface area contributed by atoms with Crippen LogP contribution in [-0.4, -0.2) is 56.2 Å². The summed E-state index contributed by atoms with van der Waals surface area (Å²) in [5.41, 5.74) is 8.25. The number of ether oxygens (including phenoxy) is 1. The van der Waals surface area contributed by atoms with E-state index in [2.05, 4.69) is 51.8 Å². The van der Waals surface area contributed by atoms with Crippen LogP contribution in [0.25, 0.3) is 22.2 Å². The Morgan fingerprint density at radius 2 is 1.77 bits per heavy atom. The molecule has 0 radical (unpaired) electrons. The van der Waals surface area contributed by atoms with Gasteiger partial charge in [-0.05, 0) is 82.1 Å². The minimum atomic E-state index is -1.13. The van der Waals surface area contributed by atoms with Crippen LogP contribution in [0.4, 0.5) is 11.6 Å². The number of benzene rings is 1. The highest BCUT2D eigenvalue weighted by Gasteiger charge is 2.36. The number of fused-ring (bicyclic) bond motifs is 2. The molecule has 1 fully saturated rings. The van der Waals surface area contributed by atoms with Crippen molar-refractivity contribution in [2.45, 2.75) is 86.0 Å². The van der Waals surface area contributed by atoms with Crippen LogP contribution in [0.15, 0.2) is 36.7 Å². The molecule has 0 spiro atoms. The fourth-order valence-corrected chi connectivity index (χ4v) is 6.62. The van der Waals surface area contributed by atoms with Crippen molar-refractivity contribution >= 4 is 28.6 Å². The Bertz CT molecular complexity index is 1710. The lowest BCUT2D eigenvalue weighted by Crippen LogP contribution is -2.39. The van der Waals surface area contributed by atoms with Gasteiger partial charge in [-0.1, -0.05) is 32.0 Å². The number of carboxylic acid groups (broad SMARTS) is 1. The quantitative estimate of drug-likeness (QED) is 0.251. The predicted octanol–water partition coefficient (Wildman–Crippen LogP) is 6.77. The van der Waals surface area contributed by atoms with Crippen molar-refractivity contribution in [2.24, 2.45) is 5.41 Å². The molecule has 0 bridgehead atoms. The number of aromatic amines is 1. The number of carboxylic acids is 1. The molecule has 2 aliphatic heterocycles. The van der Waals surface area contributed by atoms with E-state index in [-0.39, 0.29) is 5.41 Å². The van der Waals surface area contributed by atoms with Crippen LogP contribution in [0, 0.1) is 19.3 Å². The number of carbonyl (C=O) groups is 1. The van der Waals surface area contributed by atoms with E-state index >= 15 is 0 Å². The summed E-state index contributed by atoms with van der Waals surface area (Å²) in [6.07, 6.45) is 5.54. The van der Waals surface area contributed by atoms with Gasteiger partial charge in [-0.2, -0.15) is 4.98 Å². The summed E-state index contributed by atoms with van der Waals surface area (Å²) >= 11 is 0. The van der Waals surface area contributed by atoms with Crippen LogP contribution in [0.5, 0.6) is 0 Å². The summed E-state index contributed by atoms with van der Waals surface area (Å²) in [5.74, 6) is -0.268. The minimum absolute atomic E-state index is 0.245. The molecular weight excluding hydrogens is 552 g/mol. The Labute approximate surface area is 259 Å². The third-order valence-electron chi connectivity index (χ3n) is 9.05. The van der Waals surface area contributed by atoms with Crippen LogP contribution >= 0.6 is 0 Å². The van der Waals surface area contributed by atoms with Crippen LogP contribution in [0.2, 0.25) is 0 Å². The molecule has 9 nitrogen and oxygen atoms in total. The zero-order valence-corrected chi connectivity index (χ0v) is 27.0. The molecule has 0 unspecified atom stereocenters. The van der Waals surface area contributed by atoms with Gasteiger partial charge >= 0.3 is 5.97 Å². The van der Waals surface area contributed by atoms with Crippen LogP contribution < -0.4 is 9.80 Å². The summed E-state index contributed by atoms with van der Waals surface area (Å²) in [4.78, 5) is 34.9. The number of aryl methyl sites for hydroxylation is 2. The van der Waals surface area contributed by atoms with Crippen molar-refractivity contribution in [1.29, 1.82) is 0 Å². The number of rotatable bonds is 6. The van der Waals surface area contributed by atoms with Gasteiger partial charge in [0, 0.05) is 66.5 Å². The Hall–Kier alpha value is -3.98. The van der Waals surface area contributed by atoms with Gasteiger partial charge in [-0.15, -0.1) is 0 Å². The van der Waals surface area contributed by atoms with Gasteiger partial charge in [0.2, 0.25) is 5.95 Å². The molecule has 9 heteroatoms. The van der Waals surface area contributed by atoms with Gasteiger partial charge in [0.05, 0.1) is 11.3 Å². The maximum Gasteiger partial charge on any atom is 0.337 e. The van der Waals surface area contributed by atoms with Gasteiger partial charge in [0.15, 0.2) is 6.10 Å². The number of H-pyrrole nitrogens is 1. The SMILES string of the molecule is Cc1nc(C)c([C@H](OC(C)(C)C)C(=O)O)c(N2CCC(C)(C)CC2)c1-c1ccc2c(c1)CCN(c1ncc3cc[nH]c3n1)C2. The molecule has 0 amide bonds. The number of aromatic nitrogens is 4. The highest BCUT2D eigenvalue weighted by molar-refractivity contribution is 5.88. The molecule has 2 N–H and O–H groups in total. The zero-order valence-electron chi connectivity index (χ0n) is 27.0. The minimum Gasteiger partial charge on any atom is -0.479 e. The van der Waals surface area contributed by atoms with Gasteiger partial charge in [0.1, 0.15) is 5.65 Å². The maximum absolute atomic E-state index is 12.8. The normalized spacial score (nSPS) is 17.5. The summed E-state index contributed by atoms with van der Waals surface area (Å²) in [5, 5.41) is 11.5. The average Bonchev–Trinajstić information content (AvgIpc) is 3.43. The number of aliphatic carboxylic acids is 1. The number of piperidine rings is 1. The Kier molecular flexibility index (Phi) is 7.64. The highest BCUT2D eigenvalue weighted by Crippen LogP contribution is 2.45. The van der Waals surface area contributed by atoms with Gasteiger partial charge in [-0.3, -0.25) is 4.98 Å². The first-order valence-corrected chi connectivity index (χ1v) is 15.6. The Morgan fingerprint density at radius 3 is 2.48 bits per heavy atom. The van der Waals surface area contributed by atoms with E-state index < -0.39 is 17.7 Å². The van der Waals surface area contributed by atoms with Crippen molar-refractivity contribution in [2.75, 3.05) is 29.4 Å². The zero-order chi connectivity index (χ0) is 31.4. The number of hydrogen-bond donors (Lipinski definition) is 2. The predicted molar refractivity (Wildman–Crippen MR) is 174 cm³/mol. The fourth-order valence-electron chi connectivity index (χ4n) is 6.62. The highest BCUT2D eigenvalue weighted by atomic mass is 16.5. The molecule has 4 aromatic rings. The maximum atomic E-state index is 12.8. The van der Waals surface area contributed by atoms with Crippen molar-refractivity contribution in [3.05, 3.63) is 64.7 Å². The summed E-state index contributed by atoms with van der Waals surface area (Å²) in [6.45, 7) is 17.5. The van der Waals surface area contributed by atoms with Gasteiger partial charge in [-0.25, -0.2) is 9.78 Å². The molecule has 0 aliphatic carbocycles. The molecule has 44 heavy (non-hydrogen) atoms. The third kappa shape index (κ3) is 5.89. The van der Waals surface area contributed by atoms with E-state index in [1.165, 1.54) is 11.1 Å². The van der Waals surface area contributed by atoms with Crippen molar-refractivity contribution < 1.29 is 14.6 Å². The van der Waals surface area contributed by atoms with E-state index in [0.29, 0.717) is 11.3 Å². The molecule has 1 atom stereocenters. The fraction of sp³-hybridized carbons (Fsp3) is 0.486. The molecule has 1 aromatic carbocycles. The Morgan fingerprint density at radius 1 is 1.02 bits per heavy atom. The van der Waals surface area contributed by atoms with E-state index in [0.717, 1.165) is 84.9 Å². The monoisotopic (exact) mass is 596 g/mol. The van der Waals surface area contributed by atoms with E-state index in [9.17, 15) is 9.90 Å². The topological polar surface area (TPSA) is 107 Å². The smallest absolute Gasteiger partial charge is 0.337 e. The van der Waals surface area contributed by atoms with E-state index in [1.54, 1.807) is 0 Å². The number of hydrogen-bond acceptors (Lipinski definition) is 7. The number of nitrogens with one attached hydrogen (secondary N) is 1. The second-order valence-corrected chi connectivity index (χ2v) is 14.1. The lowest BCUT2D eigenvalue weighted by Gasteiger charge is -2.41. The first-order valence-electron chi connectivity index (χ1n) is 15.6. The molecule has 6 rings (SSSR count). The summed E-state index contributed by atoms with van der Waals surface area (Å²) < 4.78 is 6.25. The molecule has 2 aliphatic rings. The first kappa shape index (κ1) is 30.1.